The fraction of sp³-hybridized carbons (Fsp3) is 0.222. The van der Waals surface area contributed by atoms with E-state index in [1.807, 2.05) is 31.3 Å². The molecule has 0 amide bonds. The number of aromatic nitrogens is 3. The molecule has 0 saturated carbocycles. The molecule has 1 aromatic carbocycles. The SMILES string of the molecule is CCc1noc(C)c1-c1cc2c(cc1OC)c1cnccc1n2Cl. The highest BCUT2D eigenvalue weighted by molar-refractivity contribution is 6.26. The molecular weight excluding hydrogens is 326 g/mol. The summed E-state index contributed by atoms with van der Waals surface area (Å²) in [6, 6.07) is 5.93. The second-order valence-corrected chi connectivity index (χ2v) is 6.00. The zero-order valence-electron chi connectivity index (χ0n) is 13.6. The maximum Gasteiger partial charge on any atom is 0.141 e. The Balaban J connectivity index is 2.11. The number of benzene rings is 1. The number of methoxy groups -OCH3 is 1. The molecule has 6 heteroatoms. The van der Waals surface area contributed by atoms with Gasteiger partial charge in [0.15, 0.2) is 0 Å². The first-order valence-corrected chi connectivity index (χ1v) is 8.07. The van der Waals surface area contributed by atoms with E-state index in [1.54, 1.807) is 17.4 Å². The van der Waals surface area contributed by atoms with E-state index in [9.17, 15) is 0 Å². The number of halogens is 1. The average Bonchev–Trinajstić information content (AvgIpc) is 3.12. The summed E-state index contributed by atoms with van der Waals surface area (Å²) in [4.78, 5) is 4.21. The molecule has 0 aliphatic heterocycles. The molecule has 0 atom stereocenters. The fourth-order valence-corrected chi connectivity index (χ4v) is 3.50. The molecule has 4 aromatic rings. The lowest BCUT2D eigenvalue weighted by atomic mass is 9.99. The number of aryl methyl sites for hydroxylation is 2. The third-order valence-electron chi connectivity index (χ3n) is 4.37. The van der Waals surface area contributed by atoms with Gasteiger partial charge in [-0.05, 0) is 31.5 Å². The van der Waals surface area contributed by atoms with Crippen LogP contribution in [-0.2, 0) is 6.42 Å². The van der Waals surface area contributed by atoms with Crippen molar-refractivity contribution in [3.63, 3.8) is 0 Å². The third-order valence-corrected chi connectivity index (χ3v) is 4.73. The number of ether oxygens (including phenoxy) is 1. The first kappa shape index (κ1) is 15.0. The summed E-state index contributed by atoms with van der Waals surface area (Å²) in [6.07, 6.45) is 4.33. The van der Waals surface area contributed by atoms with Crippen LogP contribution in [0.1, 0.15) is 18.4 Å². The summed E-state index contributed by atoms with van der Waals surface area (Å²) >= 11 is 6.54. The van der Waals surface area contributed by atoms with Gasteiger partial charge in [0, 0.05) is 40.5 Å². The number of nitrogens with zero attached hydrogens (tertiary/aromatic N) is 3. The minimum absolute atomic E-state index is 0.761. The summed E-state index contributed by atoms with van der Waals surface area (Å²) in [5, 5.41) is 6.14. The van der Waals surface area contributed by atoms with E-state index in [1.165, 1.54) is 0 Å². The van der Waals surface area contributed by atoms with Gasteiger partial charge in [-0.2, -0.15) is 0 Å². The first-order chi connectivity index (χ1) is 11.7. The lowest BCUT2D eigenvalue weighted by molar-refractivity contribution is 0.391. The van der Waals surface area contributed by atoms with Crippen LogP contribution in [0.2, 0.25) is 0 Å². The summed E-state index contributed by atoms with van der Waals surface area (Å²) in [5.74, 6) is 1.53. The Morgan fingerprint density at radius 1 is 1.25 bits per heavy atom. The molecule has 4 rings (SSSR count). The Morgan fingerprint density at radius 2 is 2.08 bits per heavy atom. The molecule has 0 spiro atoms. The predicted octanol–water partition coefficient (Wildman–Crippen LogP) is 4.73. The van der Waals surface area contributed by atoms with Crippen molar-refractivity contribution in [2.24, 2.45) is 0 Å². The third kappa shape index (κ3) is 2.01. The van der Waals surface area contributed by atoms with Crippen LogP contribution in [-0.4, -0.2) is 21.3 Å². The smallest absolute Gasteiger partial charge is 0.141 e. The van der Waals surface area contributed by atoms with Crippen LogP contribution in [0.15, 0.2) is 35.1 Å². The monoisotopic (exact) mass is 341 g/mol. The van der Waals surface area contributed by atoms with Gasteiger partial charge in [-0.15, -0.1) is 0 Å². The van der Waals surface area contributed by atoms with Gasteiger partial charge < -0.3 is 9.26 Å². The van der Waals surface area contributed by atoms with Gasteiger partial charge in [0.25, 0.3) is 0 Å². The molecule has 24 heavy (non-hydrogen) atoms. The van der Waals surface area contributed by atoms with Crippen LogP contribution < -0.4 is 4.74 Å². The Morgan fingerprint density at radius 3 is 2.83 bits per heavy atom. The van der Waals surface area contributed by atoms with Crippen molar-refractivity contribution in [2.75, 3.05) is 7.11 Å². The molecule has 0 radical (unpaired) electrons. The summed E-state index contributed by atoms with van der Waals surface area (Å²) < 4.78 is 12.7. The fourth-order valence-electron chi connectivity index (χ4n) is 3.21. The molecular formula is C18H16ClN3O2. The van der Waals surface area contributed by atoms with E-state index in [0.717, 1.165) is 56.6 Å². The van der Waals surface area contributed by atoms with Crippen LogP contribution in [0.5, 0.6) is 5.75 Å². The van der Waals surface area contributed by atoms with Crippen molar-refractivity contribution in [3.05, 3.63) is 42.0 Å². The largest absolute Gasteiger partial charge is 0.496 e. The number of fused-ring (bicyclic) bond motifs is 3. The maximum absolute atomic E-state index is 6.54. The Hall–Kier alpha value is -2.53. The van der Waals surface area contributed by atoms with Crippen molar-refractivity contribution in [3.8, 4) is 16.9 Å². The van der Waals surface area contributed by atoms with Gasteiger partial charge in [0.2, 0.25) is 0 Å². The molecule has 3 aromatic heterocycles. The first-order valence-electron chi connectivity index (χ1n) is 7.73. The second kappa shape index (κ2) is 5.53. The minimum atomic E-state index is 0.761. The quantitative estimate of drug-likeness (QED) is 0.540. The molecule has 0 bridgehead atoms. The van der Waals surface area contributed by atoms with Gasteiger partial charge in [-0.3, -0.25) is 9.07 Å². The molecule has 0 aliphatic rings. The molecule has 0 N–H and O–H groups in total. The van der Waals surface area contributed by atoms with Crippen LogP contribution in [0.25, 0.3) is 32.9 Å². The van der Waals surface area contributed by atoms with Gasteiger partial charge in [-0.25, -0.2) is 0 Å². The number of hydrogen-bond donors (Lipinski definition) is 0. The van der Waals surface area contributed by atoms with Gasteiger partial charge in [0.1, 0.15) is 11.5 Å². The highest BCUT2D eigenvalue weighted by Crippen LogP contribution is 2.41. The van der Waals surface area contributed by atoms with Crippen LogP contribution in [0.3, 0.4) is 0 Å². The minimum Gasteiger partial charge on any atom is -0.496 e. The zero-order chi connectivity index (χ0) is 16.8. The zero-order valence-corrected chi connectivity index (χ0v) is 14.4. The lowest BCUT2D eigenvalue weighted by Gasteiger charge is -2.10. The van der Waals surface area contributed by atoms with E-state index < -0.39 is 0 Å². The Kier molecular flexibility index (Phi) is 3.46. The van der Waals surface area contributed by atoms with E-state index in [-0.39, 0.29) is 0 Å². The summed E-state index contributed by atoms with van der Waals surface area (Å²) in [7, 11) is 1.66. The average molecular weight is 342 g/mol. The second-order valence-electron chi connectivity index (χ2n) is 5.66. The lowest BCUT2D eigenvalue weighted by Crippen LogP contribution is -1.92. The van der Waals surface area contributed by atoms with E-state index >= 15 is 0 Å². The van der Waals surface area contributed by atoms with Gasteiger partial charge in [0.05, 0.1) is 29.4 Å². The molecule has 0 saturated heterocycles. The van der Waals surface area contributed by atoms with Crippen molar-refractivity contribution in [2.45, 2.75) is 20.3 Å². The van der Waals surface area contributed by atoms with Crippen molar-refractivity contribution < 1.29 is 9.26 Å². The topological polar surface area (TPSA) is 53.1 Å². The molecule has 122 valence electrons. The predicted molar refractivity (Wildman–Crippen MR) is 94.7 cm³/mol. The van der Waals surface area contributed by atoms with Crippen molar-refractivity contribution in [1.29, 1.82) is 0 Å². The molecule has 3 heterocycles. The number of hydrogen-bond acceptors (Lipinski definition) is 4. The van der Waals surface area contributed by atoms with Crippen LogP contribution in [0.4, 0.5) is 0 Å². The Labute approximate surface area is 143 Å². The molecule has 0 fully saturated rings. The van der Waals surface area contributed by atoms with Crippen molar-refractivity contribution >= 4 is 33.6 Å². The highest BCUT2D eigenvalue weighted by atomic mass is 35.5. The van der Waals surface area contributed by atoms with Crippen LogP contribution >= 0.6 is 11.8 Å². The number of rotatable bonds is 3. The summed E-state index contributed by atoms with van der Waals surface area (Å²) in [5.41, 5.74) is 4.62. The standard InChI is InChI=1S/C18H16ClN3O2/c1-4-14-18(10(2)24-21-14)12-7-16-11(8-17(12)23-3)13-9-20-6-5-15(13)22(16)19/h5-9H,4H2,1-3H3. The van der Waals surface area contributed by atoms with Gasteiger partial charge in [-0.1, -0.05) is 12.1 Å². The van der Waals surface area contributed by atoms with E-state index in [0.29, 0.717) is 0 Å². The van der Waals surface area contributed by atoms with E-state index in [4.69, 9.17) is 21.0 Å². The molecule has 5 nitrogen and oxygen atoms in total. The van der Waals surface area contributed by atoms with Crippen molar-refractivity contribution in [1.82, 2.24) is 14.2 Å². The number of pyridine rings is 1. The maximum atomic E-state index is 6.54. The van der Waals surface area contributed by atoms with E-state index in [2.05, 4.69) is 17.1 Å². The normalized spacial score (nSPS) is 11.5. The van der Waals surface area contributed by atoms with Crippen LogP contribution in [0, 0.1) is 6.92 Å². The van der Waals surface area contributed by atoms with Gasteiger partial charge >= 0.3 is 0 Å². The molecule has 0 aliphatic carbocycles. The highest BCUT2D eigenvalue weighted by Gasteiger charge is 2.20. The Bertz CT molecular complexity index is 1070. The molecule has 0 unspecified atom stereocenters. The summed E-state index contributed by atoms with van der Waals surface area (Å²) in [6.45, 7) is 3.96.